The molecule has 2 atom stereocenters. The maximum Gasteiger partial charge on any atom is 0.416 e. The van der Waals surface area contributed by atoms with Crippen LogP contribution in [0, 0.1) is 0 Å². The summed E-state index contributed by atoms with van der Waals surface area (Å²) in [7, 11) is -3.29. The standard InChI is InChI=1S/C32H40F2N4O6S/c1-22(2)38(45(42,43)27-16-14-25(35)15-17-27)26(21-39)20-32(33,34)18-19-37(31(41)44-3)30(40)29(36)28(23-10-6-4-7-11-23)24-12-8-5-9-13-24/h4-17,22,26,28-29,39H,18-21,35-36H2,1-3H3/t26-,29-/m0/s1. The average Bonchev–Trinajstić information content (AvgIpc) is 3.01. The molecule has 0 fully saturated rings. The number of carbonyl (C=O) groups is 2. The molecule has 0 aromatic heterocycles. The second kappa shape index (κ2) is 15.4. The molecule has 13 heteroatoms. The minimum Gasteiger partial charge on any atom is -0.452 e. The molecule has 0 heterocycles. The Kier molecular flexibility index (Phi) is 12.2. The number of aliphatic hydroxyl groups is 1. The Balaban J connectivity index is 1.85. The molecule has 0 unspecified atom stereocenters. The number of methoxy groups -OCH3 is 1. The van der Waals surface area contributed by atoms with Gasteiger partial charge in [-0.15, -0.1) is 0 Å². The molecule has 244 valence electrons. The molecule has 0 aliphatic rings. The third-order valence-electron chi connectivity index (χ3n) is 7.39. The average molecular weight is 647 g/mol. The van der Waals surface area contributed by atoms with Gasteiger partial charge in [0.15, 0.2) is 0 Å². The lowest BCUT2D eigenvalue weighted by Crippen LogP contribution is -2.51. The molecular formula is C32H40F2N4O6S. The van der Waals surface area contributed by atoms with Gasteiger partial charge < -0.3 is 21.3 Å². The first-order valence-corrected chi connectivity index (χ1v) is 15.8. The van der Waals surface area contributed by atoms with Crippen molar-refractivity contribution in [2.75, 3.05) is 26.0 Å². The van der Waals surface area contributed by atoms with Crippen LogP contribution in [0.3, 0.4) is 0 Å². The van der Waals surface area contributed by atoms with Gasteiger partial charge in [-0.1, -0.05) is 60.7 Å². The molecule has 0 aliphatic carbocycles. The number of nitrogens with zero attached hydrogens (tertiary/aromatic N) is 2. The summed E-state index contributed by atoms with van der Waals surface area (Å²) in [5.41, 5.74) is 13.8. The quantitative estimate of drug-likeness (QED) is 0.220. The number of alkyl halides is 2. The van der Waals surface area contributed by atoms with Crippen molar-refractivity contribution >= 4 is 27.7 Å². The van der Waals surface area contributed by atoms with Gasteiger partial charge in [-0.3, -0.25) is 4.79 Å². The maximum atomic E-state index is 15.5. The highest BCUT2D eigenvalue weighted by atomic mass is 32.2. The number of benzene rings is 3. The number of nitrogen functional groups attached to an aromatic ring is 1. The number of ether oxygens (including phenoxy) is 1. The molecule has 2 amide bonds. The van der Waals surface area contributed by atoms with E-state index < -0.39 is 78.0 Å². The van der Waals surface area contributed by atoms with Gasteiger partial charge in [0.05, 0.1) is 30.7 Å². The summed E-state index contributed by atoms with van der Waals surface area (Å²) >= 11 is 0. The largest absolute Gasteiger partial charge is 0.452 e. The fraction of sp³-hybridized carbons (Fsp3) is 0.375. The Bertz CT molecular complexity index is 1470. The number of halogens is 2. The van der Waals surface area contributed by atoms with Crippen molar-refractivity contribution in [2.45, 2.75) is 61.6 Å². The first kappa shape index (κ1) is 35.6. The van der Waals surface area contributed by atoms with Crippen LogP contribution in [0.25, 0.3) is 0 Å². The van der Waals surface area contributed by atoms with E-state index in [0.717, 1.165) is 11.4 Å². The van der Waals surface area contributed by atoms with Crippen molar-refractivity contribution in [1.82, 2.24) is 9.21 Å². The fourth-order valence-electron chi connectivity index (χ4n) is 5.27. The summed E-state index contributed by atoms with van der Waals surface area (Å²) < 4.78 is 63.5. The molecule has 3 aromatic carbocycles. The first-order chi connectivity index (χ1) is 21.2. The van der Waals surface area contributed by atoms with Crippen LogP contribution in [0.4, 0.5) is 19.3 Å². The van der Waals surface area contributed by atoms with Gasteiger partial charge in [0.1, 0.15) is 0 Å². The zero-order chi connectivity index (χ0) is 33.4. The maximum absolute atomic E-state index is 15.5. The zero-order valence-electron chi connectivity index (χ0n) is 25.4. The molecule has 0 bridgehead atoms. The number of hydrogen-bond donors (Lipinski definition) is 3. The van der Waals surface area contributed by atoms with Gasteiger partial charge in [0.2, 0.25) is 15.9 Å². The van der Waals surface area contributed by atoms with Gasteiger partial charge in [-0.25, -0.2) is 26.9 Å². The zero-order valence-corrected chi connectivity index (χ0v) is 26.2. The van der Waals surface area contributed by atoms with Gasteiger partial charge in [-0.2, -0.15) is 4.31 Å². The molecule has 0 saturated heterocycles. The van der Waals surface area contributed by atoms with Crippen LogP contribution in [0.2, 0.25) is 0 Å². The normalized spacial score (nSPS) is 13.6. The second-order valence-electron chi connectivity index (χ2n) is 10.9. The van der Waals surface area contributed by atoms with Crippen molar-refractivity contribution in [3.63, 3.8) is 0 Å². The third kappa shape index (κ3) is 8.85. The molecular weight excluding hydrogens is 606 g/mol. The number of amides is 2. The van der Waals surface area contributed by atoms with E-state index in [4.69, 9.17) is 16.2 Å². The van der Waals surface area contributed by atoms with Crippen LogP contribution in [0.1, 0.15) is 43.7 Å². The highest BCUT2D eigenvalue weighted by Gasteiger charge is 2.42. The van der Waals surface area contributed by atoms with Gasteiger partial charge in [0, 0.05) is 37.0 Å². The monoisotopic (exact) mass is 646 g/mol. The molecule has 0 aliphatic heterocycles. The number of nitrogens with two attached hydrogens (primary N) is 2. The van der Waals surface area contributed by atoms with Gasteiger partial charge >= 0.3 is 6.09 Å². The van der Waals surface area contributed by atoms with Crippen molar-refractivity contribution < 1.29 is 36.6 Å². The highest BCUT2D eigenvalue weighted by Crippen LogP contribution is 2.32. The summed E-state index contributed by atoms with van der Waals surface area (Å²) in [6, 6.07) is 19.4. The predicted molar refractivity (Wildman–Crippen MR) is 167 cm³/mol. The van der Waals surface area contributed by atoms with Crippen molar-refractivity contribution in [1.29, 1.82) is 0 Å². The lowest BCUT2D eigenvalue weighted by Gasteiger charge is -2.35. The minimum absolute atomic E-state index is 0.171. The van der Waals surface area contributed by atoms with Crippen LogP contribution in [-0.4, -0.2) is 79.0 Å². The second-order valence-corrected chi connectivity index (χ2v) is 12.8. The number of anilines is 1. The summed E-state index contributed by atoms with van der Waals surface area (Å²) in [5, 5.41) is 10.1. The Morgan fingerprint density at radius 2 is 1.44 bits per heavy atom. The first-order valence-electron chi connectivity index (χ1n) is 14.4. The topological polar surface area (TPSA) is 156 Å². The molecule has 3 aromatic rings. The Morgan fingerprint density at radius 3 is 1.89 bits per heavy atom. The molecule has 3 rings (SSSR count). The molecule has 0 saturated carbocycles. The highest BCUT2D eigenvalue weighted by molar-refractivity contribution is 7.89. The van der Waals surface area contributed by atoms with E-state index in [-0.39, 0.29) is 4.90 Å². The molecule has 45 heavy (non-hydrogen) atoms. The number of imide groups is 1. The van der Waals surface area contributed by atoms with Gasteiger partial charge in [0.25, 0.3) is 5.92 Å². The van der Waals surface area contributed by atoms with E-state index in [1.165, 1.54) is 38.1 Å². The number of aliphatic hydroxyl groups excluding tert-OH is 1. The van der Waals surface area contributed by atoms with Crippen molar-refractivity contribution in [3.8, 4) is 0 Å². The SMILES string of the molecule is COC(=O)N(CCC(F)(F)C[C@@H](CO)N(C(C)C)S(=O)(=O)c1ccc(N)cc1)C(=O)[C@@H](N)C(c1ccccc1)c1ccccc1. The number of rotatable bonds is 14. The fourth-order valence-corrected chi connectivity index (χ4v) is 7.08. The number of carbonyl (C=O) groups excluding carboxylic acids is 2. The predicted octanol–water partition coefficient (Wildman–Crippen LogP) is 4.20. The molecule has 0 radical (unpaired) electrons. The van der Waals surface area contributed by atoms with Crippen LogP contribution in [0.5, 0.6) is 0 Å². The van der Waals surface area contributed by atoms with E-state index in [2.05, 4.69) is 0 Å². The number of sulfonamides is 1. The Morgan fingerprint density at radius 1 is 0.933 bits per heavy atom. The Labute approximate surface area is 262 Å². The van der Waals surface area contributed by atoms with Gasteiger partial charge in [-0.05, 0) is 49.2 Å². The lowest BCUT2D eigenvalue weighted by molar-refractivity contribution is -0.132. The van der Waals surface area contributed by atoms with Crippen LogP contribution < -0.4 is 11.5 Å². The lowest BCUT2D eigenvalue weighted by atomic mass is 9.85. The van der Waals surface area contributed by atoms with E-state index in [1.54, 1.807) is 60.7 Å². The van der Waals surface area contributed by atoms with E-state index >= 15 is 8.78 Å². The van der Waals surface area contributed by atoms with E-state index in [1.807, 2.05) is 0 Å². The molecule has 5 N–H and O–H groups in total. The summed E-state index contributed by atoms with van der Waals surface area (Å²) in [4.78, 5) is 26.7. The summed E-state index contributed by atoms with van der Waals surface area (Å²) in [5.74, 6) is -5.25. The van der Waals surface area contributed by atoms with Crippen molar-refractivity contribution in [3.05, 3.63) is 96.1 Å². The summed E-state index contributed by atoms with van der Waals surface area (Å²) in [6.07, 6.45) is -3.28. The van der Waals surface area contributed by atoms with Crippen LogP contribution in [-0.2, 0) is 19.6 Å². The minimum atomic E-state index is -4.31. The van der Waals surface area contributed by atoms with Crippen LogP contribution >= 0.6 is 0 Å². The van der Waals surface area contributed by atoms with E-state index in [0.29, 0.717) is 21.7 Å². The van der Waals surface area contributed by atoms with Crippen LogP contribution in [0.15, 0.2) is 89.8 Å². The summed E-state index contributed by atoms with van der Waals surface area (Å²) in [6.45, 7) is 1.34. The Hall–Kier alpha value is -3.91. The smallest absolute Gasteiger partial charge is 0.416 e. The third-order valence-corrected chi connectivity index (χ3v) is 9.54. The molecule has 0 spiro atoms. The van der Waals surface area contributed by atoms with E-state index in [9.17, 15) is 23.1 Å². The molecule has 10 nitrogen and oxygen atoms in total. The van der Waals surface area contributed by atoms with Crippen molar-refractivity contribution in [2.24, 2.45) is 5.73 Å². The number of hydrogen-bond acceptors (Lipinski definition) is 8.